The average molecular weight is 327 g/mol. The Morgan fingerprint density at radius 1 is 0.913 bits per heavy atom. The highest BCUT2D eigenvalue weighted by Gasteiger charge is 2.10. The van der Waals surface area contributed by atoms with Crippen LogP contribution in [0, 0.1) is 13.8 Å². The van der Waals surface area contributed by atoms with Crippen molar-refractivity contribution in [1.29, 1.82) is 0 Å². The van der Waals surface area contributed by atoms with Gasteiger partial charge in [-0.05, 0) is 50.3 Å². The molecule has 0 saturated carbocycles. The molecular formula is C18H21N3OS. The number of likely N-dealkylation sites (N-methyl/N-ethyl adjacent to an activating group) is 1. The van der Waals surface area contributed by atoms with Gasteiger partial charge in [0.05, 0.1) is 6.54 Å². The average Bonchev–Trinajstić information content (AvgIpc) is 2.51. The number of anilines is 2. The van der Waals surface area contributed by atoms with Crippen molar-refractivity contribution in [2.24, 2.45) is 0 Å². The number of rotatable bonds is 4. The normalized spacial score (nSPS) is 10.0. The second-order valence-electron chi connectivity index (χ2n) is 5.57. The van der Waals surface area contributed by atoms with Gasteiger partial charge in [-0.25, -0.2) is 0 Å². The van der Waals surface area contributed by atoms with E-state index in [2.05, 4.69) is 10.6 Å². The van der Waals surface area contributed by atoms with Crippen LogP contribution in [0.1, 0.15) is 11.1 Å². The van der Waals surface area contributed by atoms with E-state index in [1.54, 1.807) is 11.9 Å². The maximum absolute atomic E-state index is 12.1. The summed E-state index contributed by atoms with van der Waals surface area (Å²) >= 11 is 5.33. The number of hydrogen-bond acceptors (Lipinski definition) is 2. The Labute approximate surface area is 142 Å². The largest absolute Gasteiger partial charge is 0.343 e. The monoisotopic (exact) mass is 327 g/mol. The molecular weight excluding hydrogens is 306 g/mol. The van der Waals surface area contributed by atoms with Crippen LogP contribution in [0.25, 0.3) is 0 Å². The van der Waals surface area contributed by atoms with Gasteiger partial charge in [0.1, 0.15) is 0 Å². The molecule has 120 valence electrons. The van der Waals surface area contributed by atoms with Gasteiger partial charge in [-0.15, -0.1) is 0 Å². The van der Waals surface area contributed by atoms with E-state index in [1.807, 2.05) is 62.4 Å². The Balaban J connectivity index is 1.86. The quantitative estimate of drug-likeness (QED) is 0.843. The van der Waals surface area contributed by atoms with Gasteiger partial charge in [0, 0.05) is 18.4 Å². The van der Waals surface area contributed by atoms with Crippen molar-refractivity contribution in [1.82, 2.24) is 4.90 Å². The van der Waals surface area contributed by atoms with Crippen LogP contribution in [-0.4, -0.2) is 29.5 Å². The summed E-state index contributed by atoms with van der Waals surface area (Å²) in [6.07, 6.45) is 0. The third kappa shape index (κ3) is 5.38. The zero-order valence-electron chi connectivity index (χ0n) is 13.6. The predicted molar refractivity (Wildman–Crippen MR) is 99.8 cm³/mol. The Kier molecular flexibility index (Phi) is 5.71. The molecule has 0 radical (unpaired) electrons. The number of aryl methyl sites for hydroxylation is 2. The van der Waals surface area contributed by atoms with Crippen molar-refractivity contribution in [3.63, 3.8) is 0 Å². The van der Waals surface area contributed by atoms with Crippen molar-refractivity contribution in [3.8, 4) is 0 Å². The third-order valence-corrected chi connectivity index (χ3v) is 3.78. The fraction of sp³-hybridized carbons (Fsp3) is 0.222. The van der Waals surface area contributed by atoms with Crippen LogP contribution in [0.2, 0.25) is 0 Å². The highest BCUT2D eigenvalue weighted by Crippen LogP contribution is 2.10. The lowest BCUT2D eigenvalue weighted by Gasteiger charge is -2.20. The van der Waals surface area contributed by atoms with Crippen LogP contribution in [0.4, 0.5) is 11.4 Å². The second kappa shape index (κ2) is 7.74. The Hall–Kier alpha value is -2.40. The fourth-order valence-electron chi connectivity index (χ4n) is 1.98. The summed E-state index contributed by atoms with van der Waals surface area (Å²) in [4.78, 5) is 13.8. The summed E-state index contributed by atoms with van der Waals surface area (Å²) in [5.41, 5.74) is 4.04. The number of benzene rings is 2. The van der Waals surface area contributed by atoms with Crippen LogP contribution in [0.3, 0.4) is 0 Å². The first-order valence-corrected chi connectivity index (χ1v) is 7.80. The number of carbonyl (C=O) groups is 1. The Bertz CT molecular complexity index is 680. The molecule has 0 atom stereocenters. The number of amides is 1. The molecule has 2 aromatic rings. The van der Waals surface area contributed by atoms with Crippen LogP contribution < -0.4 is 10.6 Å². The molecule has 2 aromatic carbocycles. The third-order valence-electron chi connectivity index (χ3n) is 3.37. The minimum absolute atomic E-state index is 0.107. The molecule has 0 unspecified atom stereocenters. The van der Waals surface area contributed by atoms with E-state index >= 15 is 0 Å². The van der Waals surface area contributed by atoms with Crippen LogP contribution >= 0.6 is 12.2 Å². The minimum atomic E-state index is -0.107. The second-order valence-corrected chi connectivity index (χ2v) is 5.95. The molecule has 0 saturated heterocycles. The highest BCUT2D eigenvalue weighted by atomic mass is 32.1. The van der Waals surface area contributed by atoms with Gasteiger partial charge in [-0.2, -0.15) is 0 Å². The van der Waals surface area contributed by atoms with Crippen molar-refractivity contribution >= 4 is 34.6 Å². The van der Waals surface area contributed by atoms with E-state index in [-0.39, 0.29) is 12.5 Å². The lowest BCUT2D eigenvalue weighted by molar-refractivity contribution is -0.116. The van der Waals surface area contributed by atoms with Crippen molar-refractivity contribution in [2.45, 2.75) is 13.8 Å². The molecule has 0 heterocycles. The smallest absolute Gasteiger partial charge is 0.243 e. The predicted octanol–water partition coefficient (Wildman–Crippen LogP) is 3.57. The van der Waals surface area contributed by atoms with Gasteiger partial charge in [0.15, 0.2) is 5.11 Å². The van der Waals surface area contributed by atoms with Gasteiger partial charge in [0.2, 0.25) is 5.91 Å². The summed E-state index contributed by atoms with van der Waals surface area (Å²) in [7, 11) is 1.79. The maximum atomic E-state index is 12.1. The van der Waals surface area contributed by atoms with Gasteiger partial charge >= 0.3 is 0 Å². The number of nitrogens with zero attached hydrogens (tertiary/aromatic N) is 1. The zero-order chi connectivity index (χ0) is 16.8. The van der Waals surface area contributed by atoms with Crippen LogP contribution in [0.5, 0.6) is 0 Å². The first kappa shape index (κ1) is 17.0. The van der Waals surface area contributed by atoms with Gasteiger partial charge in [-0.3, -0.25) is 4.79 Å². The molecule has 0 bridgehead atoms. The number of hydrogen-bond donors (Lipinski definition) is 2. The molecule has 23 heavy (non-hydrogen) atoms. The summed E-state index contributed by atoms with van der Waals surface area (Å²) in [5.74, 6) is -0.107. The lowest BCUT2D eigenvalue weighted by Crippen LogP contribution is -2.37. The number of nitrogens with one attached hydrogen (secondary N) is 2. The van der Waals surface area contributed by atoms with Crippen LogP contribution in [-0.2, 0) is 4.79 Å². The minimum Gasteiger partial charge on any atom is -0.343 e. The summed E-state index contributed by atoms with van der Waals surface area (Å²) in [6, 6.07) is 15.6. The topological polar surface area (TPSA) is 44.4 Å². The van der Waals surface area contributed by atoms with E-state index in [0.29, 0.717) is 5.11 Å². The SMILES string of the molecule is Cc1ccc(NC(=O)CN(C)C(=S)Nc2ccc(C)cc2)cc1. The molecule has 2 rings (SSSR count). The molecule has 0 aliphatic heterocycles. The highest BCUT2D eigenvalue weighted by molar-refractivity contribution is 7.80. The summed E-state index contributed by atoms with van der Waals surface area (Å²) in [6.45, 7) is 4.23. The van der Waals surface area contributed by atoms with E-state index in [4.69, 9.17) is 12.2 Å². The molecule has 0 aromatic heterocycles. The van der Waals surface area contributed by atoms with E-state index < -0.39 is 0 Å². The van der Waals surface area contributed by atoms with Gasteiger partial charge in [0.25, 0.3) is 0 Å². The number of thiocarbonyl (C=S) groups is 1. The van der Waals surface area contributed by atoms with Crippen LogP contribution in [0.15, 0.2) is 48.5 Å². The molecule has 1 amide bonds. The molecule has 5 heteroatoms. The number of carbonyl (C=O) groups excluding carboxylic acids is 1. The molecule has 0 fully saturated rings. The first-order valence-electron chi connectivity index (χ1n) is 7.39. The molecule has 0 aliphatic rings. The lowest BCUT2D eigenvalue weighted by atomic mass is 10.2. The molecule has 0 spiro atoms. The van der Waals surface area contributed by atoms with E-state index in [1.165, 1.54) is 5.56 Å². The molecule has 2 N–H and O–H groups in total. The van der Waals surface area contributed by atoms with Crippen molar-refractivity contribution in [2.75, 3.05) is 24.2 Å². The van der Waals surface area contributed by atoms with Gasteiger partial charge < -0.3 is 15.5 Å². The Morgan fingerprint density at radius 3 is 1.83 bits per heavy atom. The standard InChI is InChI=1S/C18H21N3OS/c1-13-4-8-15(9-5-13)19-17(22)12-21(3)18(23)20-16-10-6-14(2)7-11-16/h4-11H,12H2,1-3H3,(H,19,22)(H,20,23). The summed E-state index contributed by atoms with van der Waals surface area (Å²) < 4.78 is 0. The molecule has 0 aliphatic carbocycles. The maximum Gasteiger partial charge on any atom is 0.243 e. The van der Waals surface area contributed by atoms with Crippen molar-refractivity contribution in [3.05, 3.63) is 59.7 Å². The van der Waals surface area contributed by atoms with E-state index in [9.17, 15) is 4.79 Å². The molecule has 4 nitrogen and oxygen atoms in total. The Morgan fingerprint density at radius 2 is 1.35 bits per heavy atom. The fourth-order valence-corrected chi connectivity index (χ4v) is 2.16. The van der Waals surface area contributed by atoms with Gasteiger partial charge in [-0.1, -0.05) is 35.4 Å². The first-order chi connectivity index (χ1) is 10.9. The van der Waals surface area contributed by atoms with Crippen molar-refractivity contribution < 1.29 is 4.79 Å². The zero-order valence-corrected chi connectivity index (χ0v) is 14.4. The van der Waals surface area contributed by atoms with E-state index in [0.717, 1.165) is 16.9 Å². The summed E-state index contributed by atoms with van der Waals surface area (Å²) in [5, 5.41) is 6.49.